The molecular weight excluding hydrogens is 472 g/mol. The molecule has 0 spiro atoms. The van der Waals surface area contributed by atoms with E-state index in [-0.39, 0.29) is 0 Å². The van der Waals surface area contributed by atoms with Crippen LogP contribution in [-0.4, -0.2) is 6.67 Å². The van der Waals surface area contributed by atoms with E-state index in [0.29, 0.717) is 23.7 Å². The van der Waals surface area contributed by atoms with E-state index in [1.807, 2.05) is 13.8 Å². The van der Waals surface area contributed by atoms with Crippen LogP contribution in [0.2, 0.25) is 0 Å². The second kappa shape index (κ2) is 16.8. The summed E-state index contributed by atoms with van der Waals surface area (Å²) in [6, 6.07) is 14.3. The summed E-state index contributed by atoms with van der Waals surface area (Å²) in [6.45, 7) is 23.7. The Kier molecular flexibility index (Phi) is 14.2. The Morgan fingerprint density at radius 1 is 0.462 bits per heavy atom. The van der Waals surface area contributed by atoms with Gasteiger partial charge in [-0.05, 0) is 97.3 Å². The second-order valence-electron chi connectivity index (χ2n) is 11.0. The molecule has 1 aliphatic rings. The molecule has 0 aliphatic carbocycles. The molecule has 0 saturated heterocycles. The fourth-order valence-electron chi connectivity index (χ4n) is 6.76. The second-order valence-corrected chi connectivity index (χ2v) is 11.0. The fourth-order valence-corrected chi connectivity index (χ4v) is 6.76. The highest BCUT2D eigenvalue weighted by atomic mass is 15.3. The summed E-state index contributed by atoms with van der Waals surface area (Å²) in [6.07, 6.45) is 14.2. The van der Waals surface area contributed by atoms with Crippen molar-refractivity contribution in [2.45, 2.75) is 144 Å². The molecule has 0 aromatic heterocycles. The highest BCUT2D eigenvalue weighted by Crippen LogP contribution is 2.44. The normalized spacial score (nSPS) is 13.3. The molecule has 0 N–H and O–H groups in total. The van der Waals surface area contributed by atoms with Gasteiger partial charge in [-0.1, -0.05) is 106 Å². The zero-order valence-corrected chi connectivity index (χ0v) is 27.2. The Labute approximate surface area is 242 Å². The molecule has 1 heterocycles. The van der Waals surface area contributed by atoms with Gasteiger partial charge < -0.3 is 9.80 Å². The van der Waals surface area contributed by atoms with Gasteiger partial charge in [-0.3, -0.25) is 0 Å². The number of hydrogen-bond donors (Lipinski definition) is 0. The molecule has 0 unspecified atom stereocenters. The monoisotopic (exact) mass is 532 g/mol. The molecule has 2 aromatic rings. The van der Waals surface area contributed by atoms with Crippen LogP contribution in [0.3, 0.4) is 0 Å². The van der Waals surface area contributed by atoms with E-state index in [4.69, 9.17) is 0 Å². The molecule has 0 radical (unpaired) electrons. The third-order valence-electron chi connectivity index (χ3n) is 9.20. The van der Waals surface area contributed by atoms with Gasteiger partial charge in [-0.15, -0.1) is 0 Å². The average Bonchev–Trinajstić information content (AvgIpc) is 3.46. The van der Waals surface area contributed by atoms with E-state index in [9.17, 15) is 0 Å². The molecule has 39 heavy (non-hydrogen) atoms. The van der Waals surface area contributed by atoms with Crippen molar-refractivity contribution in [1.29, 1.82) is 0 Å². The number of hydrogen-bond acceptors (Lipinski definition) is 2. The zero-order valence-electron chi connectivity index (χ0n) is 27.2. The van der Waals surface area contributed by atoms with Crippen molar-refractivity contribution in [3.05, 3.63) is 71.1 Å². The van der Waals surface area contributed by atoms with Crippen LogP contribution in [0.4, 0.5) is 11.4 Å². The first-order valence-corrected chi connectivity index (χ1v) is 16.5. The summed E-state index contributed by atoms with van der Waals surface area (Å²) in [5, 5.41) is 0. The molecular formula is C37H60N2. The van der Waals surface area contributed by atoms with Crippen LogP contribution >= 0.6 is 0 Å². The van der Waals surface area contributed by atoms with Gasteiger partial charge in [0, 0.05) is 23.8 Å². The van der Waals surface area contributed by atoms with Crippen molar-refractivity contribution < 1.29 is 0 Å². The average molecular weight is 533 g/mol. The third-order valence-corrected chi connectivity index (χ3v) is 9.20. The maximum absolute atomic E-state index is 2.57. The van der Waals surface area contributed by atoms with Crippen molar-refractivity contribution in [2.24, 2.45) is 0 Å². The number of nitrogens with zero attached hydrogens (tertiary/aromatic N) is 2. The summed E-state index contributed by atoms with van der Waals surface area (Å²) in [5.74, 6) is 2.40. The first-order valence-electron chi connectivity index (χ1n) is 16.5. The maximum Gasteiger partial charge on any atom is 0.0989 e. The molecule has 0 bridgehead atoms. The summed E-state index contributed by atoms with van der Waals surface area (Å²) >= 11 is 0. The van der Waals surface area contributed by atoms with Gasteiger partial charge >= 0.3 is 0 Å². The van der Waals surface area contributed by atoms with E-state index in [2.05, 4.69) is 114 Å². The van der Waals surface area contributed by atoms with Gasteiger partial charge in [-0.2, -0.15) is 0 Å². The van der Waals surface area contributed by atoms with E-state index in [1.54, 1.807) is 0 Å². The van der Waals surface area contributed by atoms with E-state index >= 15 is 0 Å². The molecule has 2 heteroatoms. The molecule has 2 aromatic carbocycles. The highest BCUT2D eigenvalue weighted by molar-refractivity contribution is 5.71. The largest absolute Gasteiger partial charge is 0.327 e. The Hall–Kier alpha value is -2.22. The SMILES string of the molecule is CC.CCC(CC)c1cccc(C(CC)CC)c1N1C=CN(c2c(C(CC)CC)cccc2C(CC)CC)C1. The van der Waals surface area contributed by atoms with Crippen LogP contribution < -0.4 is 9.80 Å². The fraction of sp³-hybridized carbons (Fsp3) is 0.622. The van der Waals surface area contributed by atoms with Gasteiger partial charge in [0.15, 0.2) is 0 Å². The number of para-hydroxylation sites is 2. The van der Waals surface area contributed by atoms with Crippen molar-refractivity contribution in [1.82, 2.24) is 0 Å². The maximum atomic E-state index is 2.57. The first kappa shape index (κ1) is 33.0. The van der Waals surface area contributed by atoms with Crippen LogP contribution in [-0.2, 0) is 0 Å². The molecule has 218 valence electrons. The van der Waals surface area contributed by atoms with Crippen molar-refractivity contribution in [3.63, 3.8) is 0 Å². The Bertz CT molecular complexity index is 850. The predicted molar refractivity (Wildman–Crippen MR) is 176 cm³/mol. The Morgan fingerprint density at radius 3 is 0.897 bits per heavy atom. The van der Waals surface area contributed by atoms with Crippen LogP contribution in [0.15, 0.2) is 48.8 Å². The van der Waals surface area contributed by atoms with Gasteiger partial charge in [0.2, 0.25) is 0 Å². The van der Waals surface area contributed by atoms with E-state index in [1.165, 1.54) is 85.0 Å². The molecule has 0 atom stereocenters. The quantitative estimate of drug-likeness (QED) is 0.239. The van der Waals surface area contributed by atoms with Gasteiger partial charge in [0.05, 0.1) is 6.67 Å². The molecule has 3 rings (SSSR count). The van der Waals surface area contributed by atoms with Crippen LogP contribution in [0, 0.1) is 0 Å². The van der Waals surface area contributed by atoms with Crippen LogP contribution in [0.1, 0.15) is 167 Å². The van der Waals surface area contributed by atoms with Crippen LogP contribution in [0.25, 0.3) is 0 Å². The number of rotatable bonds is 14. The molecule has 0 amide bonds. The molecule has 2 nitrogen and oxygen atoms in total. The Balaban J connectivity index is 0.00000260. The number of anilines is 2. The van der Waals surface area contributed by atoms with Crippen molar-refractivity contribution in [2.75, 3.05) is 16.5 Å². The minimum absolute atomic E-state index is 0.601. The van der Waals surface area contributed by atoms with Crippen LogP contribution in [0.5, 0.6) is 0 Å². The van der Waals surface area contributed by atoms with Gasteiger partial charge in [0.1, 0.15) is 0 Å². The lowest BCUT2D eigenvalue weighted by molar-refractivity contribution is 0.619. The lowest BCUT2D eigenvalue weighted by atomic mass is 9.85. The van der Waals surface area contributed by atoms with Crippen molar-refractivity contribution in [3.8, 4) is 0 Å². The topological polar surface area (TPSA) is 6.48 Å². The minimum atomic E-state index is 0.601. The van der Waals surface area contributed by atoms with Gasteiger partial charge in [-0.25, -0.2) is 0 Å². The standard InChI is InChI=1S/C35H54N2.C2H6/c1-9-26(10-2)30-19-17-20-31(27(11-3)12-4)34(30)36-23-24-37(25-36)35-32(28(13-5)14-6)21-18-22-33(35)29(15-7)16-8;1-2/h17-24,26-29H,9-16,25H2,1-8H3;1-2H3. The lowest BCUT2D eigenvalue weighted by Crippen LogP contribution is -2.29. The lowest BCUT2D eigenvalue weighted by Gasteiger charge is -2.33. The molecule has 1 aliphatic heterocycles. The number of benzene rings is 2. The van der Waals surface area contributed by atoms with E-state index in [0.717, 1.165) is 6.67 Å². The van der Waals surface area contributed by atoms with Gasteiger partial charge in [0.25, 0.3) is 0 Å². The van der Waals surface area contributed by atoms with Crippen molar-refractivity contribution >= 4 is 11.4 Å². The zero-order chi connectivity index (χ0) is 28.9. The summed E-state index contributed by atoms with van der Waals surface area (Å²) in [4.78, 5) is 5.14. The summed E-state index contributed by atoms with van der Waals surface area (Å²) < 4.78 is 0. The summed E-state index contributed by atoms with van der Waals surface area (Å²) in [5.41, 5.74) is 9.10. The smallest absolute Gasteiger partial charge is 0.0989 e. The molecule has 0 fully saturated rings. The third kappa shape index (κ3) is 7.30. The predicted octanol–water partition coefficient (Wildman–Crippen LogP) is 12.1. The van der Waals surface area contributed by atoms with E-state index < -0.39 is 0 Å². The first-order chi connectivity index (χ1) is 19.0. The highest BCUT2D eigenvalue weighted by Gasteiger charge is 2.29. The minimum Gasteiger partial charge on any atom is -0.327 e. The summed E-state index contributed by atoms with van der Waals surface area (Å²) in [7, 11) is 0. The Morgan fingerprint density at radius 2 is 0.692 bits per heavy atom. The molecule has 0 saturated carbocycles.